The van der Waals surface area contributed by atoms with Crippen molar-refractivity contribution in [1.82, 2.24) is 10.2 Å². The average molecular weight is 560 g/mol. The molecule has 8 heteroatoms. The zero-order valence-electron chi connectivity index (χ0n) is 18.3. The van der Waals surface area contributed by atoms with Gasteiger partial charge in [-0.3, -0.25) is 19.8 Å². The lowest BCUT2D eigenvalue weighted by Gasteiger charge is -2.35. The molecule has 0 unspecified atom stereocenters. The number of imide groups is 2. The molecule has 2 aromatic carbocycles. The SMILES string of the molecule is COc1cc(/C=C2\C(=O)NC(=O)N(C3CCCCC3)C2=O)cc(I)c1OCc1ccccc1. The maximum absolute atomic E-state index is 13.1. The van der Waals surface area contributed by atoms with Crippen LogP contribution in [-0.2, 0) is 16.2 Å². The number of amides is 4. The molecule has 0 aromatic heterocycles. The van der Waals surface area contributed by atoms with Crippen LogP contribution in [0, 0.1) is 3.57 Å². The van der Waals surface area contributed by atoms with Gasteiger partial charge >= 0.3 is 6.03 Å². The zero-order valence-corrected chi connectivity index (χ0v) is 20.5. The van der Waals surface area contributed by atoms with Crippen LogP contribution >= 0.6 is 22.6 Å². The Hall–Kier alpha value is -2.88. The minimum Gasteiger partial charge on any atom is -0.493 e. The van der Waals surface area contributed by atoms with Gasteiger partial charge in [-0.2, -0.15) is 0 Å². The number of rotatable bonds is 6. The number of carbonyl (C=O) groups excluding carboxylic acids is 3. The Balaban J connectivity index is 1.60. The smallest absolute Gasteiger partial charge is 0.331 e. The number of nitrogens with one attached hydrogen (secondary N) is 1. The van der Waals surface area contributed by atoms with Gasteiger partial charge < -0.3 is 9.47 Å². The molecular formula is C25H25IN2O5. The topological polar surface area (TPSA) is 84.9 Å². The molecular weight excluding hydrogens is 535 g/mol. The molecule has 0 radical (unpaired) electrons. The van der Waals surface area contributed by atoms with Crippen molar-refractivity contribution in [2.24, 2.45) is 0 Å². The largest absolute Gasteiger partial charge is 0.493 e. The summed E-state index contributed by atoms with van der Waals surface area (Å²) in [4.78, 5) is 39.3. The molecule has 4 amide bonds. The van der Waals surface area contributed by atoms with Crippen molar-refractivity contribution in [3.63, 3.8) is 0 Å². The third-order valence-corrected chi connectivity index (χ3v) is 6.66. The molecule has 7 nitrogen and oxygen atoms in total. The monoisotopic (exact) mass is 560 g/mol. The highest BCUT2D eigenvalue weighted by molar-refractivity contribution is 14.1. The van der Waals surface area contributed by atoms with Crippen molar-refractivity contribution in [2.45, 2.75) is 44.8 Å². The summed E-state index contributed by atoms with van der Waals surface area (Å²) < 4.78 is 12.3. The standard InChI is InChI=1S/C25H25IN2O5/c1-32-21-14-17(13-20(26)22(21)33-15-16-8-4-2-5-9-16)12-19-23(29)27-25(31)28(24(19)30)18-10-6-3-7-11-18/h2,4-5,8-9,12-14,18H,3,6-7,10-11,15H2,1H3,(H,27,29,31)/b19-12+. The second kappa shape index (κ2) is 10.4. The van der Waals surface area contributed by atoms with E-state index in [9.17, 15) is 14.4 Å². The van der Waals surface area contributed by atoms with E-state index in [1.165, 1.54) is 11.0 Å². The van der Waals surface area contributed by atoms with Crippen LogP contribution in [0.4, 0.5) is 4.79 Å². The molecule has 1 saturated heterocycles. The van der Waals surface area contributed by atoms with Gasteiger partial charge in [-0.1, -0.05) is 49.6 Å². The first kappa shape index (κ1) is 23.3. The summed E-state index contributed by atoms with van der Waals surface area (Å²) in [6, 6.07) is 12.5. The second-order valence-electron chi connectivity index (χ2n) is 8.09. The molecule has 0 spiro atoms. The number of barbiturate groups is 1. The van der Waals surface area contributed by atoms with Gasteiger partial charge in [0.1, 0.15) is 12.2 Å². The molecule has 172 valence electrons. The van der Waals surface area contributed by atoms with Gasteiger partial charge in [0.25, 0.3) is 11.8 Å². The molecule has 0 bridgehead atoms. The molecule has 1 aliphatic carbocycles. The van der Waals surface area contributed by atoms with Crippen LogP contribution in [0.1, 0.15) is 43.2 Å². The van der Waals surface area contributed by atoms with E-state index in [1.807, 2.05) is 36.4 Å². The fourth-order valence-electron chi connectivity index (χ4n) is 4.20. The highest BCUT2D eigenvalue weighted by Gasteiger charge is 2.40. The molecule has 1 N–H and O–H groups in total. The molecule has 0 atom stereocenters. The number of benzene rings is 2. The first-order valence-electron chi connectivity index (χ1n) is 10.9. The summed E-state index contributed by atoms with van der Waals surface area (Å²) in [6.07, 6.45) is 6.06. The first-order valence-corrected chi connectivity index (χ1v) is 12.0. The Bertz CT molecular complexity index is 1090. The zero-order chi connectivity index (χ0) is 23.4. The number of hydrogen-bond donors (Lipinski definition) is 1. The number of carbonyl (C=O) groups is 3. The van der Waals surface area contributed by atoms with Crippen LogP contribution in [0.2, 0.25) is 0 Å². The van der Waals surface area contributed by atoms with E-state index in [0.29, 0.717) is 23.7 Å². The highest BCUT2D eigenvalue weighted by Crippen LogP contribution is 2.35. The second-order valence-corrected chi connectivity index (χ2v) is 9.25. The average Bonchev–Trinajstić information content (AvgIpc) is 2.82. The molecule has 1 heterocycles. The molecule has 2 aliphatic rings. The van der Waals surface area contributed by atoms with E-state index in [0.717, 1.165) is 41.2 Å². The van der Waals surface area contributed by atoms with E-state index >= 15 is 0 Å². The molecule has 1 aliphatic heterocycles. The van der Waals surface area contributed by atoms with Gasteiger partial charge in [0, 0.05) is 6.04 Å². The summed E-state index contributed by atoms with van der Waals surface area (Å²) in [5.41, 5.74) is 1.58. The van der Waals surface area contributed by atoms with Crippen LogP contribution in [0.3, 0.4) is 0 Å². The van der Waals surface area contributed by atoms with Crippen LogP contribution in [0.25, 0.3) is 6.08 Å². The third-order valence-electron chi connectivity index (χ3n) is 5.86. The fourth-order valence-corrected chi connectivity index (χ4v) is 4.98. The van der Waals surface area contributed by atoms with Gasteiger partial charge in [-0.25, -0.2) is 4.79 Å². The summed E-state index contributed by atoms with van der Waals surface area (Å²) in [5, 5.41) is 2.32. The predicted octanol–water partition coefficient (Wildman–Crippen LogP) is 4.67. The molecule has 2 fully saturated rings. The number of halogens is 1. The van der Waals surface area contributed by atoms with E-state index in [2.05, 4.69) is 27.9 Å². The van der Waals surface area contributed by atoms with Crippen molar-refractivity contribution in [3.8, 4) is 11.5 Å². The van der Waals surface area contributed by atoms with Gasteiger partial charge in [-0.15, -0.1) is 0 Å². The Morgan fingerprint density at radius 3 is 2.52 bits per heavy atom. The summed E-state index contributed by atoms with van der Waals surface area (Å²) in [7, 11) is 1.54. The van der Waals surface area contributed by atoms with Crippen molar-refractivity contribution < 1.29 is 23.9 Å². The van der Waals surface area contributed by atoms with Crippen molar-refractivity contribution in [3.05, 3.63) is 62.7 Å². The Morgan fingerprint density at radius 2 is 1.82 bits per heavy atom. The van der Waals surface area contributed by atoms with Gasteiger partial charge in [-0.05, 0) is 64.8 Å². The van der Waals surface area contributed by atoms with Crippen LogP contribution in [-0.4, -0.2) is 35.9 Å². The van der Waals surface area contributed by atoms with Crippen molar-refractivity contribution in [1.29, 1.82) is 0 Å². The minimum atomic E-state index is -0.685. The van der Waals surface area contributed by atoms with Gasteiger partial charge in [0.15, 0.2) is 11.5 Å². The maximum Gasteiger partial charge on any atom is 0.331 e. The number of methoxy groups -OCH3 is 1. The number of hydrogen-bond acceptors (Lipinski definition) is 5. The van der Waals surface area contributed by atoms with E-state index in [-0.39, 0.29) is 11.6 Å². The highest BCUT2D eigenvalue weighted by atomic mass is 127. The normalized spacial score (nSPS) is 18.4. The predicted molar refractivity (Wildman–Crippen MR) is 132 cm³/mol. The summed E-state index contributed by atoms with van der Waals surface area (Å²) in [5.74, 6) is -0.152. The molecule has 4 rings (SSSR count). The van der Waals surface area contributed by atoms with E-state index in [1.54, 1.807) is 13.2 Å². The van der Waals surface area contributed by atoms with Crippen LogP contribution < -0.4 is 14.8 Å². The van der Waals surface area contributed by atoms with Gasteiger partial charge in [0.2, 0.25) is 0 Å². The van der Waals surface area contributed by atoms with E-state index in [4.69, 9.17) is 9.47 Å². The Labute approximate surface area is 206 Å². The van der Waals surface area contributed by atoms with Crippen LogP contribution in [0.5, 0.6) is 11.5 Å². The minimum absolute atomic E-state index is 0.0593. The number of ether oxygens (including phenoxy) is 2. The van der Waals surface area contributed by atoms with Crippen molar-refractivity contribution in [2.75, 3.05) is 7.11 Å². The maximum atomic E-state index is 13.1. The Kier molecular flexibility index (Phi) is 7.32. The lowest BCUT2D eigenvalue weighted by molar-refractivity contribution is -0.132. The Morgan fingerprint density at radius 1 is 1.09 bits per heavy atom. The summed E-state index contributed by atoms with van der Waals surface area (Å²) >= 11 is 2.14. The van der Waals surface area contributed by atoms with Crippen LogP contribution in [0.15, 0.2) is 48.0 Å². The van der Waals surface area contributed by atoms with Gasteiger partial charge in [0.05, 0.1) is 10.7 Å². The third kappa shape index (κ3) is 5.21. The lowest BCUT2D eigenvalue weighted by atomic mass is 9.93. The molecule has 1 saturated carbocycles. The molecule has 33 heavy (non-hydrogen) atoms. The molecule has 2 aromatic rings. The quantitative estimate of drug-likeness (QED) is 0.316. The summed E-state index contributed by atoms with van der Waals surface area (Å²) in [6.45, 7) is 0.382. The lowest BCUT2D eigenvalue weighted by Crippen LogP contribution is -2.58. The van der Waals surface area contributed by atoms with Crippen molar-refractivity contribution >= 4 is 46.5 Å². The fraction of sp³-hybridized carbons (Fsp3) is 0.320. The number of nitrogens with zero attached hydrogens (tertiary/aromatic N) is 1. The van der Waals surface area contributed by atoms with E-state index < -0.39 is 17.8 Å². The number of urea groups is 1. The first-order chi connectivity index (χ1) is 16.0.